The fraction of sp³-hybridized carbons (Fsp3) is 0.500. The third-order valence-corrected chi connectivity index (χ3v) is 7.38. The molecule has 0 saturated carbocycles. The number of carbonyl (C=O) groups is 2. The molecule has 2 aromatic carbocycles. The van der Waals surface area contributed by atoms with Gasteiger partial charge in [-0.3, -0.25) is 9.69 Å². The normalized spacial score (nSPS) is 21.7. The topological polar surface area (TPSA) is 82.7 Å². The minimum absolute atomic E-state index is 0.0553. The first-order valence-corrected chi connectivity index (χ1v) is 12.9. The summed E-state index contributed by atoms with van der Waals surface area (Å²) in [6, 6.07) is 14.1. The van der Waals surface area contributed by atoms with Crippen LogP contribution in [0.4, 0.5) is 16.2 Å². The van der Waals surface area contributed by atoms with Crippen molar-refractivity contribution in [3.8, 4) is 5.75 Å². The average Bonchev–Trinajstić information content (AvgIpc) is 2.84. The van der Waals surface area contributed by atoms with Gasteiger partial charge in [-0.15, -0.1) is 0 Å². The van der Waals surface area contributed by atoms with Crippen LogP contribution in [-0.4, -0.2) is 48.6 Å². The fourth-order valence-corrected chi connectivity index (χ4v) is 5.66. The predicted octanol–water partition coefficient (Wildman–Crippen LogP) is 4.97. The number of benzene rings is 2. The van der Waals surface area contributed by atoms with Crippen LogP contribution < -0.4 is 20.7 Å². The summed E-state index contributed by atoms with van der Waals surface area (Å²) in [7, 11) is 1.61. The molecule has 7 heteroatoms. The van der Waals surface area contributed by atoms with Crippen LogP contribution in [0.5, 0.6) is 5.75 Å². The van der Waals surface area contributed by atoms with Crippen LogP contribution in [0, 0.1) is 0 Å². The molecule has 35 heavy (non-hydrogen) atoms. The lowest BCUT2D eigenvalue weighted by molar-refractivity contribution is -0.120. The molecule has 3 N–H and O–H groups in total. The van der Waals surface area contributed by atoms with E-state index in [0.29, 0.717) is 30.1 Å². The highest BCUT2D eigenvalue weighted by Crippen LogP contribution is 2.34. The van der Waals surface area contributed by atoms with E-state index in [1.165, 1.54) is 17.5 Å². The Morgan fingerprint density at radius 3 is 2.26 bits per heavy atom. The van der Waals surface area contributed by atoms with E-state index in [9.17, 15) is 9.59 Å². The van der Waals surface area contributed by atoms with E-state index in [1.54, 1.807) is 13.2 Å². The van der Waals surface area contributed by atoms with Crippen LogP contribution >= 0.6 is 0 Å². The van der Waals surface area contributed by atoms with E-state index >= 15 is 0 Å². The maximum absolute atomic E-state index is 13.1. The summed E-state index contributed by atoms with van der Waals surface area (Å²) in [5, 5.41) is 9.30. The summed E-state index contributed by atoms with van der Waals surface area (Å²) in [5.41, 5.74) is 4.05. The number of fused-ring (bicyclic) bond motifs is 2. The summed E-state index contributed by atoms with van der Waals surface area (Å²) < 4.78 is 5.23. The number of hydrogen-bond donors (Lipinski definition) is 3. The number of ether oxygens (including phenoxy) is 1. The summed E-state index contributed by atoms with van der Waals surface area (Å²) in [6.45, 7) is 4.65. The monoisotopic (exact) mass is 478 g/mol. The molecule has 2 bridgehead atoms. The molecular weight excluding hydrogens is 440 g/mol. The second-order valence-corrected chi connectivity index (χ2v) is 9.62. The lowest BCUT2D eigenvalue weighted by atomic mass is 9.81. The third kappa shape index (κ3) is 6.14. The summed E-state index contributed by atoms with van der Waals surface area (Å²) in [6.07, 6.45) is 6.81. The first-order chi connectivity index (χ1) is 17.0. The molecule has 0 radical (unpaired) electrons. The van der Waals surface area contributed by atoms with Gasteiger partial charge in [-0.1, -0.05) is 44.5 Å². The van der Waals surface area contributed by atoms with Gasteiger partial charge in [-0.2, -0.15) is 0 Å². The van der Waals surface area contributed by atoms with Crippen LogP contribution in [0.2, 0.25) is 0 Å². The van der Waals surface area contributed by atoms with Crippen molar-refractivity contribution in [2.45, 2.75) is 76.9 Å². The molecular formula is C28H38N4O3. The summed E-state index contributed by atoms with van der Waals surface area (Å²) in [5.74, 6) is 0.760. The Morgan fingerprint density at radius 2 is 1.63 bits per heavy atom. The Hall–Kier alpha value is -3.06. The van der Waals surface area contributed by atoms with Crippen LogP contribution in [0.15, 0.2) is 42.5 Å². The molecule has 188 valence electrons. The zero-order valence-corrected chi connectivity index (χ0v) is 21.1. The van der Waals surface area contributed by atoms with E-state index in [2.05, 4.69) is 52.9 Å². The molecule has 0 aromatic heterocycles. The van der Waals surface area contributed by atoms with Crippen molar-refractivity contribution in [1.82, 2.24) is 10.2 Å². The number of nitrogens with one attached hydrogen (secondary N) is 3. The smallest absolute Gasteiger partial charge is 0.319 e. The highest BCUT2D eigenvalue weighted by atomic mass is 16.5. The molecule has 2 heterocycles. The van der Waals surface area contributed by atoms with Crippen molar-refractivity contribution < 1.29 is 14.3 Å². The van der Waals surface area contributed by atoms with E-state index < -0.39 is 0 Å². The largest absolute Gasteiger partial charge is 0.497 e. The Kier molecular flexibility index (Phi) is 8.29. The third-order valence-electron chi connectivity index (χ3n) is 7.38. The lowest BCUT2D eigenvalue weighted by Crippen LogP contribution is -2.58. The van der Waals surface area contributed by atoms with Crippen molar-refractivity contribution in [1.29, 1.82) is 0 Å². The number of methoxy groups -OCH3 is 1. The molecule has 2 aliphatic heterocycles. The maximum atomic E-state index is 13.1. The van der Waals surface area contributed by atoms with Crippen LogP contribution in [0.25, 0.3) is 0 Å². The number of aryl methyl sites for hydroxylation is 2. The number of carbonyl (C=O) groups excluding carboxylic acids is 2. The van der Waals surface area contributed by atoms with Gasteiger partial charge >= 0.3 is 6.03 Å². The standard InChI is InChI=1S/C28H38N4O3/c1-4-19-9-6-10-20(5-2)27(19)31-26(33)18-32-23-12-8-13-24(32)16-22(15-23)30-28(34)29-21-11-7-14-25(17-21)35-3/h6-7,9-11,14,17,22-24H,4-5,8,12-13,15-16,18H2,1-3H3,(H,31,33)(H2,29,30,34)/t22?,23-,24+. The van der Waals surface area contributed by atoms with Gasteiger partial charge in [0.2, 0.25) is 5.91 Å². The van der Waals surface area contributed by atoms with Crippen molar-refractivity contribution >= 4 is 23.3 Å². The molecule has 3 atom stereocenters. The summed E-state index contributed by atoms with van der Waals surface area (Å²) >= 11 is 0. The number of amides is 3. The van der Waals surface area contributed by atoms with Gasteiger partial charge in [-0.05, 0) is 61.8 Å². The van der Waals surface area contributed by atoms with Crippen molar-refractivity contribution in [3.63, 3.8) is 0 Å². The zero-order valence-electron chi connectivity index (χ0n) is 21.1. The first kappa shape index (κ1) is 25.0. The fourth-order valence-electron chi connectivity index (χ4n) is 5.66. The molecule has 4 rings (SSSR count). The van der Waals surface area contributed by atoms with E-state index in [0.717, 1.165) is 44.2 Å². The maximum Gasteiger partial charge on any atom is 0.319 e. The minimum Gasteiger partial charge on any atom is -0.497 e. The quantitative estimate of drug-likeness (QED) is 0.501. The van der Waals surface area contributed by atoms with E-state index in [4.69, 9.17) is 4.74 Å². The number of anilines is 2. The highest BCUT2D eigenvalue weighted by molar-refractivity contribution is 5.94. The van der Waals surface area contributed by atoms with Gasteiger partial charge in [0.15, 0.2) is 0 Å². The Balaban J connectivity index is 1.35. The van der Waals surface area contributed by atoms with Crippen LogP contribution in [0.1, 0.15) is 57.1 Å². The van der Waals surface area contributed by atoms with Gasteiger partial charge < -0.3 is 20.7 Å². The molecule has 0 aliphatic carbocycles. The molecule has 1 unspecified atom stereocenters. The van der Waals surface area contributed by atoms with E-state index in [-0.39, 0.29) is 18.0 Å². The minimum atomic E-state index is -0.198. The molecule has 2 aromatic rings. The second-order valence-electron chi connectivity index (χ2n) is 9.62. The van der Waals surface area contributed by atoms with E-state index in [1.807, 2.05) is 18.2 Å². The SMILES string of the molecule is CCc1cccc(CC)c1NC(=O)CN1[C@@H]2CCC[C@H]1CC(NC(=O)Nc1cccc(OC)c1)C2. The van der Waals surface area contributed by atoms with Gasteiger partial charge in [-0.25, -0.2) is 4.79 Å². The first-order valence-electron chi connectivity index (χ1n) is 12.9. The Labute approximate surface area is 208 Å². The number of piperidine rings is 2. The van der Waals surface area contributed by atoms with Crippen molar-refractivity contribution in [3.05, 3.63) is 53.6 Å². The number of rotatable bonds is 8. The second kappa shape index (κ2) is 11.6. The van der Waals surface area contributed by atoms with Gasteiger partial charge in [0.25, 0.3) is 0 Å². The summed E-state index contributed by atoms with van der Waals surface area (Å²) in [4.78, 5) is 28.1. The predicted molar refractivity (Wildman–Crippen MR) is 140 cm³/mol. The average molecular weight is 479 g/mol. The lowest BCUT2D eigenvalue weighted by Gasteiger charge is -2.48. The Bertz CT molecular complexity index is 1000. The number of nitrogens with zero attached hydrogens (tertiary/aromatic N) is 1. The zero-order chi connectivity index (χ0) is 24.8. The number of para-hydroxylation sites is 1. The Morgan fingerprint density at radius 1 is 0.971 bits per heavy atom. The molecule has 3 amide bonds. The molecule has 2 aliphatic rings. The van der Waals surface area contributed by atoms with Crippen LogP contribution in [0.3, 0.4) is 0 Å². The van der Waals surface area contributed by atoms with Crippen molar-refractivity contribution in [2.24, 2.45) is 0 Å². The number of urea groups is 1. The van der Waals surface area contributed by atoms with Gasteiger partial charge in [0, 0.05) is 35.6 Å². The van der Waals surface area contributed by atoms with Crippen molar-refractivity contribution in [2.75, 3.05) is 24.3 Å². The van der Waals surface area contributed by atoms with Crippen LogP contribution in [-0.2, 0) is 17.6 Å². The van der Waals surface area contributed by atoms with Gasteiger partial charge in [0.05, 0.1) is 13.7 Å². The number of hydrogen-bond acceptors (Lipinski definition) is 4. The molecule has 2 saturated heterocycles. The molecule has 0 spiro atoms. The molecule has 2 fully saturated rings. The highest BCUT2D eigenvalue weighted by Gasteiger charge is 2.39. The van der Waals surface area contributed by atoms with Gasteiger partial charge in [0.1, 0.15) is 5.75 Å². The molecule has 7 nitrogen and oxygen atoms in total.